The number of halogens is 1. The van der Waals surface area contributed by atoms with Crippen LogP contribution in [0, 0.1) is 10.1 Å². The zero-order valence-corrected chi connectivity index (χ0v) is 25.6. The highest BCUT2D eigenvalue weighted by Crippen LogP contribution is 2.36. The average molecular weight is 621 g/mol. The summed E-state index contributed by atoms with van der Waals surface area (Å²) in [7, 11) is 1.49. The van der Waals surface area contributed by atoms with Crippen molar-refractivity contribution < 1.29 is 23.3 Å². The second-order valence-corrected chi connectivity index (χ2v) is 12.3. The molecule has 0 heterocycles. The summed E-state index contributed by atoms with van der Waals surface area (Å²) in [5.41, 5.74) is 3.99. The summed E-state index contributed by atoms with van der Waals surface area (Å²) in [6.07, 6.45) is 2.88. The first-order valence-electron chi connectivity index (χ1n) is 14.0. The molecule has 224 valence electrons. The summed E-state index contributed by atoms with van der Waals surface area (Å²) in [6.45, 7) is 0.999. The second-order valence-electron chi connectivity index (χ2n) is 10.4. The van der Waals surface area contributed by atoms with E-state index in [4.69, 9.17) is 25.8 Å². The van der Waals surface area contributed by atoms with E-state index in [1.54, 1.807) is 30.7 Å². The number of benzene rings is 4. The monoisotopic (exact) mass is 620 g/mol. The molecule has 0 fully saturated rings. The fourth-order valence-electron chi connectivity index (χ4n) is 5.31. The minimum Gasteiger partial charge on any atom is -0.497 e. The van der Waals surface area contributed by atoms with Crippen molar-refractivity contribution >= 4 is 28.3 Å². The third kappa shape index (κ3) is 7.54. The Morgan fingerprint density at radius 3 is 2.12 bits per heavy atom. The number of aryl methyl sites for hydroxylation is 1. The van der Waals surface area contributed by atoms with E-state index in [1.165, 1.54) is 17.2 Å². The van der Waals surface area contributed by atoms with Crippen LogP contribution in [0.5, 0.6) is 17.2 Å². The Morgan fingerprint density at radius 1 is 0.907 bits per heavy atom. The molecule has 1 aliphatic carbocycles. The molecule has 1 aliphatic rings. The lowest BCUT2D eigenvalue weighted by Crippen LogP contribution is -2.25. The molecule has 0 saturated carbocycles. The van der Waals surface area contributed by atoms with Gasteiger partial charge >= 0.3 is 5.69 Å². The van der Waals surface area contributed by atoms with Gasteiger partial charge in [-0.3, -0.25) is 10.1 Å². The third-order valence-corrected chi connectivity index (χ3v) is 9.20. The Morgan fingerprint density at radius 2 is 1.53 bits per heavy atom. The van der Waals surface area contributed by atoms with E-state index in [1.807, 2.05) is 66.7 Å². The lowest BCUT2D eigenvalue weighted by Gasteiger charge is -2.26. The van der Waals surface area contributed by atoms with Gasteiger partial charge < -0.3 is 14.2 Å². The second kappa shape index (κ2) is 14.0. The van der Waals surface area contributed by atoms with Crippen molar-refractivity contribution in [2.45, 2.75) is 43.2 Å². The third-order valence-electron chi connectivity index (χ3n) is 7.58. The maximum absolute atomic E-state index is 14.0. The summed E-state index contributed by atoms with van der Waals surface area (Å²) < 4.78 is 32.3. The molecular weight excluding hydrogens is 588 g/mol. The fraction of sp³-hybridized carbons (Fsp3) is 0.273. The topological polar surface area (TPSA) is 91.1 Å². The van der Waals surface area contributed by atoms with Crippen LogP contribution in [0.3, 0.4) is 0 Å². The molecule has 5 rings (SSSR count). The average Bonchev–Trinajstić information content (AvgIpc) is 3.03. The molecule has 8 nitrogen and oxygen atoms in total. The van der Waals surface area contributed by atoms with E-state index in [2.05, 4.69) is 0 Å². The molecule has 2 atom stereocenters. The summed E-state index contributed by atoms with van der Waals surface area (Å²) in [5.74, 6) is 1.71. The fourth-order valence-corrected chi connectivity index (χ4v) is 6.73. The molecule has 0 aliphatic heterocycles. The molecule has 10 heteroatoms. The highest BCUT2D eigenvalue weighted by atomic mass is 35.5. The van der Waals surface area contributed by atoms with Gasteiger partial charge in [0.05, 0.1) is 30.6 Å². The van der Waals surface area contributed by atoms with Gasteiger partial charge in [0, 0.05) is 30.1 Å². The standard InChI is InChI=1S/C33H33ClN2O6S/c1-40-28-11-6-23(7-12-28)20-35(21-24-8-13-29(41-2)14-9-24)43(39)30-15-17-33(32(19-30)36(37)38)42-22-26-5-3-4-25-18-27(34)10-16-31(25)26/h6-19,26H,3-5,20-22H2,1-2H3. The van der Waals surface area contributed by atoms with Crippen molar-refractivity contribution in [1.29, 1.82) is 0 Å². The zero-order chi connectivity index (χ0) is 30.3. The van der Waals surface area contributed by atoms with Crippen LogP contribution in [0.2, 0.25) is 5.02 Å². The van der Waals surface area contributed by atoms with E-state index < -0.39 is 15.9 Å². The van der Waals surface area contributed by atoms with Crippen LogP contribution in [-0.2, 0) is 30.5 Å². The SMILES string of the molecule is COc1ccc(CN(Cc2ccc(OC)cc2)S(=O)c2ccc(OCC3CCCc4cc(Cl)ccc43)c([N+](=O)[O-])c2)cc1. The van der Waals surface area contributed by atoms with Gasteiger partial charge in [-0.1, -0.05) is 41.9 Å². The van der Waals surface area contributed by atoms with Crippen LogP contribution >= 0.6 is 11.6 Å². The number of ether oxygens (including phenoxy) is 3. The van der Waals surface area contributed by atoms with Crippen molar-refractivity contribution in [3.8, 4) is 17.2 Å². The van der Waals surface area contributed by atoms with Gasteiger partial charge in [0.1, 0.15) is 22.5 Å². The van der Waals surface area contributed by atoms with E-state index in [9.17, 15) is 14.3 Å². The number of hydrogen-bond donors (Lipinski definition) is 0. The van der Waals surface area contributed by atoms with E-state index in [0.29, 0.717) is 29.6 Å². The normalized spacial score (nSPS) is 15.0. The van der Waals surface area contributed by atoms with Crippen molar-refractivity contribution in [2.24, 2.45) is 0 Å². The maximum Gasteiger partial charge on any atom is 0.312 e. The lowest BCUT2D eigenvalue weighted by atomic mass is 9.83. The molecule has 4 aromatic rings. The van der Waals surface area contributed by atoms with Crippen LogP contribution in [0.1, 0.15) is 41.0 Å². The van der Waals surface area contributed by atoms with Gasteiger partial charge in [0.25, 0.3) is 0 Å². The number of methoxy groups -OCH3 is 2. The summed E-state index contributed by atoms with van der Waals surface area (Å²) in [5, 5.41) is 12.8. The highest BCUT2D eigenvalue weighted by molar-refractivity contribution is 7.82. The first-order chi connectivity index (χ1) is 20.8. The summed E-state index contributed by atoms with van der Waals surface area (Å²) >= 11 is 6.19. The summed E-state index contributed by atoms with van der Waals surface area (Å²) in [4.78, 5) is 12.0. The molecule has 43 heavy (non-hydrogen) atoms. The van der Waals surface area contributed by atoms with Gasteiger partial charge in [-0.25, -0.2) is 8.51 Å². The molecule has 0 bridgehead atoms. The van der Waals surface area contributed by atoms with Gasteiger partial charge in [-0.05, 0) is 90.0 Å². The Hall–Kier alpha value is -3.92. The Labute approximate surface area is 258 Å². The molecule has 0 radical (unpaired) electrons. The van der Waals surface area contributed by atoms with E-state index in [0.717, 1.165) is 41.9 Å². The quantitative estimate of drug-likeness (QED) is 0.120. The number of nitro benzene ring substituents is 1. The maximum atomic E-state index is 14.0. The zero-order valence-electron chi connectivity index (χ0n) is 24.0. The number of nitrogens with zero attached hydrogens (tertiary/aromatic N) is 2. The minimum atomic E-state index is -1.71. The van der Waals surface area contributed by atoms with E-state index in [-0.39, 0.29) is 17.4 Å². The molecular formula is C33H33ClN2O6S. The van der Waals surface area contributed by atoms with Gasteiger partial charge in [0.15, 0.2) is 5.75 Å². The van der Waals surface area contributed by atoms with Crippen molar-refractivity contribution in [3.63, 3.8) is 0 Å². The van der Waals surface area contributed by atoms with Crippen molar-refractivity contribution in [3.05, 3.63) is 122 Å². The number of nitro groups is 1. The van der Waals surface area contributed by atoms with Gasteiger partial charge in [-0.15, -0.1) is 0 Å². The first kappa shape index (κ1) is 30.5. The molecule has 0 N–H and O–H groups in total. The first-order valence-corrected chi connectivity index (χ1v) is 15.5. The Balaban J connectivity index is 1.38. The van der Waals surface area contributed by atoms with Crippen LogP contribution < -0.4 is 14.2 Å². The molecule has 4 aromatic carbocycles. The molecule has 0 aromatic heterocycles. The predicted octanol–water partition coefficient (Wildman–Crippen LogP) is 7.49. The predicted molar refractivity (Wildman–Crippen MR) is 167 cm³/mol. The molecule has 0 amide bonds. The van der Waals surface area contributed by atoms with Crippen molar-refractivity contribution in [2.75, 3.05) is 20.8 Å². The molecule has 0 spiro atoms. The number of rotatable bonds is 12. The van der Waals surface area contributed by atoms with E-state index >= 15 is 0 Å². The molecule has 0 saturated heterocycles. The van der Waals surface area contributed by atoms with Gasteiger partial charge in [0.2, 0.25) is 0 Å². The summed E-state index contributed by atoms with van der Waals surface area (Å²) in [6, 6.07) is 25.5. The Bertz CT molecular complexity index is 1550. The largest absolute Gasteiger partial charge is 0.497 e. The highest BCUT2D eigenvalue weighted by Gasteiger charge is 2.25. The number of hydrogen-bond acceptors (Lipinski definition) is 6. The minimum absolute atomic E-state index is 0.110. The molecule has 2 unspecified atom stereocenters. The number of fused-ring (bicyclic) bond motifs is 1. The van der Waals surface area contributed by atoms with Crippen LogP contribution in [0.4, 0.5) is 5.69 Å². The van der Waals surface area contributed by atoms with Crippen molar-refractivity contribution in [1.82, 2.24) is 4.31 Å². The smallest absolute Gasteiger partial charge is 0.312 e. The lowest BCUT2D eigenvalue weighted by molar-refractivity contribution is -0.386. The van der Waals surface area contributed by atoms with Crippen LogP contribution in [0.15, 0.2) is 89.8 Å². The van der Waals surface area contributed by atoms with Crippen LogP contribution in [0.25, 0.3) is 0 Å². The van der Waals surface area contributed by atoms with Gasteiger partial charge in [-0.2, -0.15) is 0 Å². The Kier molecular flexibility index (Phi) is 9.97. The van der Waals surface area contributed by atoms with Crippen LogP contribution in [-0.4, -0.2) is 34.3 Å².